The molecule has 1 unspecified atom stereocenters. The van der Waals surface area contributed by atoms with Gasteiger partial charge in [-0.05, 0) is 17.5 Å². The molecule has 0 saturated heterocycles. The van der Waals surface area contributed by atoms with Crippen molar-refractivity contribution < 1.29 is 26.3 Å². The molecule has 0 aliphatic heterocycles. The van der Waals surface area contributed by atoms with Crippen LogP contribution in [0.1, 0.15) is 35.9 Å². The summed E-state index contributed by atoms with van der Waals surface area (Å²) in [5.74, 6) is -3.57. The molecule has 0 nitrogen and oxygen atoms in total. The molecule has 0 amide bonds. The third kappa shape index (κ3) is 4.04. The summed E-state index contributed by atoms with van der Waals surface area (Å²) in [4.78, 5) is 0.553. The van der Waals surface area contributed by atoms with Crippen LogP contribution in [0, 0.1) is 5.92 Å². The highest BCUT2D eigenvalue weighted by atomic mass is 35.5. The Morgan fingerprint density at radius 2 is 1.40 bits per heavy atom. The lowest BCUT2D eigenvalue weighted by Gasteiger charge is -2.26. The first-order chi connectivity index (χ1) is 8.74. The molecule has 1 aromatic rings. The van der Waals surface area contributed by atoms with Crippen LogP contribution in [0.5, 0.6) is 0 Å². The summed E-state index contributed by atoms with van der Waals surface area (Å²) in [7, 11) is 0. The Morgan fingerprint density at radius 3 is 1.70 bits per heavy atom. The SMILES string of the molecule is CC(C)(C)c1ccc(C(Cl)C(C(F)(F)F)C(F)(F)F)s1. The zero-order valence-electron chi connectivity index (χ0n) is 10.9. The third-order valence-corrected chi connectivity index (χ3v) is 4.85. The van der Waals surface area contributed by atoms with E-state index in [0.717, 1.165) is 11.3 Å². The van der Waals surface area contributed by atoms with Crippen molar-refractivity contribution in [3.8, 4) is 0 Å². The molecule has 1 rings (SSSR count). The molecule has 0 spiro atoms. The van der Waals surface area contributed by atoms with Gasteiger partial charge in [-0.1, -0.05) is 20.8 Å². The van der Waals surface area contributed by atoms with Crippen LogP contribution in [0.4, 0.5) is 26.3 Å². The van der Waals surface area contributed by atoms with E-state index in [1.165, 1.54) is 12.1 Å². The zero-order chi connectivity index (χ0) is 15.9. The molecular formula is C12H13ClF6S. The fourth-order valence-electron chi connectivity index (χ4n) is 1.59. The molecular weight excluding hydrogens is 326 g/mol. The first-order valence-electron chi connectivity index (χ1n) is 5.62. The van der Waals surface area contributed by atoms with E-state index in [1.807, 2.05) is 20.8 Å². The lowest BCUT2D eigenvalue weighted by atomic mass is 9.95. The molecule has 116 valence electrons. The lowest BCUT2D eigenvalue weighted by molar-refractivity contribution is -0.284. The van der Waals surface area contributed by atoms with E-state index in [9.17, 15) is 26.3 Å². The fraction of sp³-hybridized carbons (Fsp3) is 0.667. The van der Waals surface area contributed by atoms with Gasteiger partial charge in [0.15, 0.2) is 5.92 Å². The summed E-state index contributed by atoms with van der Waals surface area (Å²) in [5, 5.41) is -2.17. The van der Waals surface area contributed by atoms with Crippen molar-refractivity contribution in [1.82, 2.24) is 0 Å². The minimum Gasteiger partial charge on any atom is -0.170 e. The maximum atomic E-state index is 12.6. The van der Waals surface area contributed by atoms with Gasteiger partial charge >= 0.3 is 12.4 Å². The predicted octanol–water partition coefficient (Wildman–Crippen LogP) is 6.07. The van der Waals surface area contributed by atoms with Crippen LogP contribution in [-0.4, -0.2) is 12.4 Å². The van der Waals surface area contributed by atoms with E-state index >= 15 is 0 Å². The van der Waals surface area contributed by atoms with Crippen LogP contribution < -0.4 is 0 Å². The first-order valence-corrected chi connectivity index (χ1v) is 6.87. The van der Waals surface area contributed by atoms with E-state index in [-0.39, 0.29) is 10.3 Å². The minimum absolute atomic E-state index is 0.128. The summed E-state index contributed by atoms with van der Waals surface area (Å²) >= 11 is 6.35. The average Bonchev–Trinajstić information content (AvgIpc) is 2.59. The number of rotatable bonds is 2. The second-order valence-corrected chi connectivity index (χ2v) is 7.00. The van der Waals surface area contributed by atoms with Crippen LogP contribution in [0.25, 0.3) is 0 Å². The molecule has 20 heavy (non-hydrogen) atoms. The molecule has 8 heteroatoms. The van der Waals surface area contributed by atoms with E-state index in [4.69, 9.17) is 11.6 Å². The van der Waals surface area contributed by atoms with Crippen molar-refractivity contribution in [1.29, 1.82) is 0 Å². The summed E-state index contributed by atoms with van der Waals surface area (Å²) in [6.45, 7) is 5.45. The summed E-state index contributed by atoms with van der Waals surface area (Å²) in [5.41, 5.74) is -0.356. The van der Waals surface area contributed by atoms with Gasteiger partial charge in [0.25, 0.3) is 0 Å². The van der Waals surface area contributed by atoms with E-state index in [0.29, 0.717) is 4.88 Å². The van der Waals surface area contributed by atoms with Gasteiger partial charge in [-0.25, -0.2) is 0 Å². The normalized spacial score (nSPS) is 15.8. The van der Waals surface area contributed by atoms with Gasteiger partial charge in [0.05, 0.1) is 5.38 Å². The van der Waals surface area contributed by atoms with Gasteiger partial charge in [0.2, 0.25) is 0 Å². The van der Waals surface area contributed by atoms with E-state index in [2.05, 4.69) is 0 Å². The van der Waals surface area contributed by atoms with Gasteiger partial charge in [-0.2, -0.15) is 26.3 Å². The van der Waals surface area contributed by atoms with Gasteiger partial charge in [-0.15, -0.1) is 22.9 Å². The van der Waals surface area contributed by atoms with Crippen molar-refractivity contribution in [2.75, 3.05) is 0 Å². The molecule has 0 aliphatic rings. The third-order valence-electron chi connectivity index (χ3n) is 2.64. The second-order valence-electron chi connectivity index (χ2n) is 5.41. The fourth-order valence-corrected chi connectivity index (χ4v) is 3.16. The number of thiophene rings is 1. The Labute approximate surface area is 121 Å². The number of alkyl halides is 7. The molecule has 0 N–H and O–H groups in total. The molecule has 0 bridgehead atoms. The van der Waals surface area contributed by atoms with Crippen molar-refractivity contribution >= 4 is 22.9 Å². The molecule has 0 aliphatic carbocycles. The van der Waals surface area contributed by atoms with Crippen molar-refractivity contribution in [2.24, 2.45) is 5.92 Å². The average molecular weight is 339 g/mol. The standard InChI is InChI=1S/C12H13ClF6S/c1-10(2,3)7-5-4-6(20-7)8(13)9(11(14,15)16)12(17,18)19/h4-5,8-9H,1-3H3. The molecule has 1 heterocycles. The number of halogens is 7. The maximum absolute atomic E-state index is 12.6. The smallest absolute Gasteiger partial charge is 0.170 e. The zero-order valence-corrected chi connectivity index (χ0v) is 12.4. The molecule has 0 saturated carbocycles. The molecule has 1 atom stereocenters. The Bertz CT molecular complexity index is 440. The Balaban J connectivity index is 3.14. The molecule has 0 radical (unpaired) electrons. The largest absolute Gasteiger partial charge is 0.402 e. The van der Waals surface area contributed by atoms with Crippen LogP contribution in [0.15, 0.2) is 12.1 Å². The molecule has 0 aromatic carbocycles. The summed E-state index contributed by atoms with van der Waals surface area (Å²) in [6.07, 6.45) is -10.9. The van der Waals surface area contributed by atoms with Crippen LogP contribution >= 0.6 is 22.9 Å². The highest BCUT2D eigenvalue weighted by Gasteiger charge is 2.60. The quantitative estimate of drug-likeness (QED) is 0.453. The van der Waals surface area contributed by atoms with E-state index in [1.54, 1.807) is 0 Å². The van der Waals surface area contributed by atoms with E-state index < -0.39 is 23.6 Å². The highest BCUT2D eigenvalue weighted by molar-refractivity contribution is 7.12. The first kappa shape index (κ1) is 17.6. The van der Waals surface area contributed by atoms with Gasteiger partial charge in [0, 0.05) is 9.75 Å². The topological polar surface area (TPSA) is 0 Å². The van der Waals surface area contributed by atoms with Crippen LogP contribution in [-0.2, 0) is 5.41 Å². The van der Waals surface area contributed by atoms with Gasteiger partial charge in [0.1, 0.15) is 0 Å². The van der Waals surface area contributed by atoms with Crippen molar-refractivity contribution in [2.45, 2.75) is 43.9 Å². The second kappa shape index (κ2) is 5.40. The Kier molecular flexibility index (Phi) is 4.76. The van der Waals surface area contributed by atoms with Gasteiger partial charge < -0.3 is 0 Å². The van der Waals surface area contributed by atoms with Crippen LogP contribution in [0.2, 0.25) is 0 Å². The van der Waals surface area contributed by atoms with Gasteiger partial charge in [-0.3, -0.25) is 0 Å². The Hall–Kier alpha value is -0.430. The monoisotopic (exact) mass is 338 g/mol. The Morgan fingerprint density at radius 1 is 0.950 bits per heavy atom. The van der Waals surface area contributed by atoms with Crippen molar-refractivity contribution in [3.63, 3.8) is 0 Å². The molecule has 0 fully saturated rings. The minimum atomic E-state index is -5.43. The number of hydrogen-bond donors (Lipinski definition) is 0. The summed E-state index contributed by atoms with van der Waals surface area (Å²) in [6, 6.07) is 2.74. The summed E-state index contributed by atoms with van der Waals surface area (Å²) < 4.78 is 75.6. The highest BCUT2D eigenvalue weighted by Crippen LogP contribution is 2.50. The van der Waals surface area contributed by atoms with Crippen LogP contribution in [0.3, 0.4) is 0 Å². The predicted molar refractivity (Wildman–Crippen MR) is 67.2 cm³/mol. The molecule has 1 aromatic heterocycles. The van der Waals surface area contributed by atoms with Crippen molar-refractivity contribution in [3.05, 3.63) is 21.9 Å². The lowest BCUT2D eigenvalue weighted by Crippen LogP contribution is -2.39. The maximum Gasteiger partial charge on any atom is 0.402 e. The number of hydrogen-bond acceptors (Lipinski definition) is 1.